The van der Waals surface area contributed by atoms with E-state index in [0.717, 1.165) is 24.9 Å². The van der Waals surface area contributed by atoms with Crippen molar-refractivity contribution in [2.24, 2.45) is 0 Å². The second-order valence-electron chi connectivity index (χ2n) is 6.90. The number of halogens is 1. The molecule has 1 saturated heterocycles. The van der Waals surface area contributed by atoms with E-state index < -0.39 is 0 Å². The summed E-state index contributed by atoms with van der Waals surface area (Å²) in [7, 11) is 0. The molecule has 0 saturated carbocycles. The van der Waals surface area contributed by atoms with Gasteiger partial charge in [0.1, 0.15) is 0 Å². The van der Waals surface area contributed by atoms with E-state index in [1.807, 2.05) is 17.0 Å². The molecule has 146 valence electrons. The molecule has 6 nitrogen and oxygen atoms in total. The van der Waals surface area contributed by atoms with Crippen molar-refractivity contribution in [2.45, 2.75) is 25.8 Å². The van der Waals surface area contributed by atoms with Gasteiger partial charge in [0.25, 0.3) is 5.91 Å². The lowest BCUT2D eigenvalue weighted by atomic mass is 10.1. The third-order valence-electron chi connectivity index (χ3n) is 4.85. The van der Waals surface area contributed by atoms with Crippen molar-refractivity contribution in [1.82, 2.24) is 4.90 Å². The number of amides is 2. The highest BCUT2D eigenvalue weighted by Crippen LogP contribution is 2.37. The summed E-state index contributed by atoms with van der Waals surface area (Å²) in [4.78, 5) is 26.2. The van der Waals surface area contributed by atoms with E-state index in [0.29, 0.717) is 54.0 Å². The van der Waals surface area contributed by atoms with Gasteiger partial charge in [0.2, 0.25) is 5.91 Å². The van der Waals surface area contributed by atoms with Crippen molar-refractivity contribution < 1.29 is 19.1 Å². The molecule has 0 radical (unpaired) electrons. The molecule has 2 aromatic carbocycles. The maximum atomic E-state index is 12.6. The number of anilines is 1. The lowest BCUT2D eigenvalue weighted by Gasteiger charge is -2.16. The molecule has 0 unspecified atom stereocenters. The molecule has 0 spiro atoms. The van der Waals surface area contributed by atoms with E-state index >= 15 is 0 Å². The molecule has 1 N–H and O–H groups in total. The number of nitrogens with zero attached hydrogens (tertiary/aromatic N) is 1. The maximum Gasteiger partial charge on any atom is 0.255 e. The number of likely N-dealkylation sites (tertiary alicyclic amines) is 1. The zero-order chi connectivity index (χ0) is 19.5. The van der Waals surface area contributed by atoms with Crippen LogP contribution in [0.1, 0.15) is 35.2 Å². The second kappa shape index (κ2) is 8.10. The molecule has 7 heteroatoms. The first kappa shape index (κ1) is 18.6. The molecule has 2 aliphatic heterocycles. The molecule has 4 rings (SSSR count). The number of carbonyl (C=O) groups excluding carboxylic acids is 2. The first-order valence-electron chi connectivity index (χ1n) is 9.37. The minimum Gasteiger partial charge on any atom is -0.490 e. The van der Waals surface area contributed by atoms with Gasteiger partial charge in [-0.05, 0) is 24.1 Å². The summed E-state index contributed by atoms with van der Waals surface area (Å²) in [6.07, 6.45) is 2.33. The number of fused-ring (bicyclic) bond motifs is 1. The smallest absolute Gasteiger partial charge is 0.255 e. The Bertz CT molecular complexity index is 898. The van der Waals surface area contributed by atoms with Crippen LogP contribution >= 0.6 is 11.6 Å². The summed E-state index contributed by atoms with van der Waals surface area (Å²) in [5.41, 5.74) is 1.99. The van der Waals surface area contributed by atoms with Gasteiger partial charge in [-0.15, -0.1) is 0 Å². The van der Waals surface area contributed by atoms with Crippen molar-refractivity contribution in [3.8, 4) is 11.5 Å². The number of hydrogen-bond donors (Lipinski definition) is 1. The van der Waals surface area contributed by atoms with E-state index in [1.165, 1.54) is 0 Å². The highest BCUT2D eigenvalue weighted by atomic mass is 35.5. The first-order valence-corrected chi connectivity index (χ1v) is 9.75. The molecule has 0 atom stereocenters. The van der Waals surface area contributed by atoms with Crippen LogP contribution in [0.5, 0.6) is 11.5 Å². The third kappa shape index (κ3) is 4.07. The zero-order valence-electron chi connectivity index (χ0n) is 15.4. The minimum absolute atomic E-state index is 0.186. The van der Waals surface area contributed by atoms with Gasteiger partial charge >= 0.3 is 0 Å². The summed E-state index contributed by atoms with van der Waals surface area (Å²) in [5.74, 6) is 1.08. The number of hydrogen-bond acceptors (Lipinski definition) is 4. The average Bonchev–Trinajstić information content (AvgIpc) is 2.95. The molecular weight excluding hydrogens is 380 g/mol. The lowest BCUT2D eigenvalue weighted by molar-refractivity contribution is -0.128. The van der Waals surface area contributed by atoms with Gasteiger partial charge in [-0.25, -0.2) is 0 Å². The van der Waals surface area contributed by atoms with Gasteiger partial charge in [-0.1, -0.05) is 23.7 Å². The van der Waals surface area contributed by atoms with Crippen LogP contribution in [-0.2, 0) is 11.3 Å². The van der Waals surface area contributed by atoms with Gasteiger partial charge in [-0.3, -0.25) is 9.59 Å². The number of benzene rings is 2. The summed E-state index contributed by atoms with van der Waals surface area (Å²) >= 11 is 6.29. The summed E-state index contributed by atoms with van der Waals surface area (Å²) in [6, 6.07) is 10.6. The largest absolute Gasteiger partial charge is 0.490 e. The highest BCUT2D eigenvalue weighted by Gasteiger charge is 2.20. The van der Waals surface area contributed by atoms with Gasteiger partial charge in [-0.2, -0.15) is 0 Å². The van der Waals surface area contributed by atoms with E-state index in [2.05, 4.69) is 5.32 Å². The Labute approximate surface area is 168 Å². The first-order chi connectivity index (χ1) is 13.6. The van der Waals surface area contributed by atoms with E-state index in [1.54, 1.807) is 24.3 Å². The van der Waals surface area contributed by atoms with Crippen molar-refractivity contribution >= 4 is 29.1 Å². The van der Waals surface area contributed by atoms with Crippen molar-refractivity contribution in [1.29, 1.82) is 0 Å². The van der Waals surface area contributed by atoms with Crippen molar-refractivity contribution in [2.75, 3.05) is 25.1 Å². The second-order valence-corrected chi connectivity index (χ2v) is 7.31. The molecule has 0 bridgehead atoms. The summed E-state index contributed by atoms with van der Waals surface area (Å²) in [6.45, 7) is 2.51. The standard InChI is InChI=1S/C21H21ClN2O4/c22-16-11-18-19(28-10-2-9-27-18)12-17(16)23-21(26)15-6-4-14(5-7-15)13-24-8-1-3-20(24)25/h4-7,11-12H,1-3,8-10,13H2,(H,23,26). The molecule has 0 aromatic heterocycles. The summed E-state index contributed by atoms with van der Waals surface area (Å²) in [5, 5.41) is 3.22. The van der Waals surface area contributed by atoms with E-state index in [-0.39, 0.29) is 11.8 Å². The quantitative estimate of drug-likeness (QED) is 0.845. The Morgan fingerprint density at radius 1 is 1.07 bits per heavy atom. The van der Waals surface area contributed by atoms with Crippen LogP contribution in [-0.4, -0.2) is 36.5 Å². The van der Waals surface area contributed by atoms with Crippen LogP contribution in [0.25, 0.3) is 0 Å². The van der Waals surface area contributed by atoms with Crippen LogP contribution in [0.15, 0.2) is 36.4 Å². The molecule has 2 aromatic rings. The third-order valence-corrected chi connectivity index (χ3v) is 5.16. The molecule has 2 heterocycles. The van der Waals surface area contributed by atoms with Crippen LogP contribution < -0.4 is 14.8 Å². The van der Waals surface area contributed by atoms with Gasteiger partial charge < -0.3 is 19.7 Å². The fourth-order valence-corrected chi connectivity index (χ4v) is 3.53. The predicted octanol–water partition coefficient (Wildman–Crippen LogP) is 3.88. The number of carbonyl (C=O) groups is 2. The van der Waals surface area contributed by atoms with Crippen LogP contribution in [0.4, 0.5) is 5.69 Å². The van der Waals surface area contributed by atoms with Crippen LogP contribution in [0, 0.1) is 0 Å². The Kier molecular flexibility index (Phi) is 5.39. The normalized spacial score (nSPS) is 16.0. The Balaban J connectivity index is 1.45. The van der Waals surface area contributed by atoms with Crippen LogP contribution in [0.2, 0.25) is 5.02 Å². The molecular formula is C21H21ClN2O4. The Morgan fingerprint density at radius 3 is 2.46 bits per heavy atom. The predicted molar refractivity (Wildman–Crippen MR) is 106 cm³/mol. The van der Waals surface area contributed by atoms with Crippen molar-refractivity contribution in [3.63, 3.8) is 0 Å². The molecule has 1 fully saturated rings. The van der Waals surface area contributed by atoms with E-state index in [9.17, 15) is 9.59 Å². The molecule has 2 aliphatic rings. The number of rotatable bonds is 4. The number of nitrogens with one attached hydrogen (secondary N) is 1. The monoisotopic (exact) mass is 400 g/mol. The molecule has 0 aliphatic carbocycles. The van der Waals surface area contributed by atoms with E-state index in [4.69, 9.17) is 21.1 Å². The van der Waals surface area contributed by atoms with Gasteiger partial charge in [0, 0.05) is 43.6 Å². The minimum atomic E-state index is -0.264. The van der Waals surface area contributed by atoms with Crippen LogP contribution in [0.3, 0.4) is 0 Å². The molecule has 28 heavy (non-hydrogen) atoms. The SMILES string of the molecule is O=C(Nc1cc2c(cc1Cl)OCCCO2)c1ccc(CN2CCCC2=O)cc1. The average molecular weight is 401 g/mol. The summed E-state index contributed by atoms with van der Waals surface area (Å²) < 4.78 is 11.3. The fourth-order valence-electron chi connectivity index (χ4n) is 3.33. The maximum absolute atomic E-state index is 12.6. The molecule has 2 amide bonds. The number of ether oxygens (including phenoxy) is 2. The lowest BCUT2D eigenvalue weighted by Crippen LogP contribution is -2.23. The Hall–Kier alpha value is -2.73. The Morgan fingerprint density at radius 2 is 1.79 bits per heavy atom. The van der Waals surface area contributed by atoms with Gasteiger partial charge in [0.05, 0.1) is 23.9 Å². The zero-order valence-corrected chi connectivity index (χ0v) is 16.1. The fraction of sp³-hybridized carbons (Fsp3) is 0.333. The van der Waals surface area contributed by atoms with Gasteiger partial charge in [0.15, 0.2) is 11.5 Å². The van der Waals surface area contributed by atoms with Crippen molar-refractivity contribution in [3.05, 3.63) is 52.5 Å². The topological polar surface area (TPSA) is 67.9 Å². The highest BCUT2D eigenvalue weighted by molar-refractivity contribution is 6.34.